The average molecular weight is 716 g/mol. The van der Waals surface area contributed by atoms with Gasteiger partial charge in [-0.05, 0) is 61.0 Å². The fraction of sp³-hybridized carbons (Fsp3) is 0.0857. The summed E-state index contributed by atoms with van der Waals surface area (Å²) in [5.74, 6) is 1.84. The molecule has 0 aliphatic heterocycles. The molecule has 6 heteroatoms. The predicted octanol–water partition coefficient (Wildman–Crippen LogP) is 8.61. The van der Waals surface area contributed by atoms with E-state index < -0.39 is 0 Å². The van der Waals surface area contributed by atoms with E-state index in [-0.39, 0.29) is 26.8 Å². The van der Waals surface area contributed by atoms with Gasteiger partial charge in [-0.25, -0.2) is 9.97 Å². The summed E-state index contributed by atoms with van der Waals surface area (Å²) in [4.78, 5) is 9.40. The van der Waals surface area contributed by atoms with Gasteiger partial charge in [-0.15, -0.1) is 17.5 Å². The molecule has 0 aliphatic carbocycles. The molecule has 3 aromatic heterocycles. The number of benzene rings is 4. The van der Waals surface area contributed by atoms with E-state index in [4.69, 9.17) is 14.7 Å². The van der Waals surface area contributed by atoms with E-state index in [1.54, 1.807) is 6.07 Å². The Bertz CT molecular complexity index is 2060. The average Bonchev–Trinajstić information content (AvgIpc) is 3.27. The molecule has 204 valence electrons. The van der Waals surface area contributed by atoms with E-state index in [0.29, 0.717) is 17.1 Å². The summed E-state index contributed by atoms with van der Waals surface area (Å²) in [7, 11) is 0. The van der Waals surface area contributed by atoms with Crippen molar-refractivity contribution in [3.8, 4) is 34.3 Å². The zero-order valence-corrected chi connectivity index (χ0v) is 25.0. The summed E-state index contributed by atoms with van der Waals surface area (Å²) in [5.41, 5.74) is 7.84. The smallest absolute Gasteiger partial charge is 0.217 e. The summed E-state index contributed by atoms with van der Waals surface area (Å²) in [6.07, 6.45) is 1.87. The van der Waals surface area contributed by atoms with Crippen molar-refractivity contribution in [3.63, 3.8) is 0 Å². The van der Waals surface area contributed by atoms with E-state index in [0.717, 1.165) is 49.7 Å². The maximum atomic E-state index is 10.7. The summed E-state index contributed by atoms with van der Waals surface area (Å²) in [5, 5.41) is 13.8. The molecule has 3 heterocycles. The van der Waals surface area contributed by atoms with Crippen LogP contribution in [-0.4, -0.2) is 19.6 Å². The second-order valence-electron chi connectivity index (χ2n) is 10.3. The first-order valence-electron chi connectivity index (χ1n) is 13.2. The number of aromatic nitrogens is 3. The quantitative estimate of drug-likeness (QED) is 0.186. The van der Waals surface area contributed by atoms with Crippen LogP contribution in [0.15, 0.2) is 97.2 Å². The molecule has 0 spiro atoms. The number of phenols is 1. The maximum absolute atomic E-state index is 10.7. The Balaban J connectivity index is 0.00000302. The van der Waals surface area contributed by atoms with Crippen LogP contribution < -0.4 is 4.74 Å². The standard InChI is InChI=1S/C35H26N3O2.Pt/c1-21-11-14-33(36-20-21)38-30-9-5-4-7-26(30)27-13-12-25(18-31(27)38)40-34-19-29(24-16-22(2)15-23(3)17-24)28-8-6-10-32(39)35(28)37-34;/h4-17,19-20,39H,1-3H3;/q-1;. The number of aryl methyl sites for hydroxylation is 3. The Morgan fingerprint density at radius 1 is 0.756 bits per heavy atom. The Hall–Kier alpha value is -4.47. The minimum Gasteiger partial charge on any atom is -0.506 e. The van der Waals surface area contributed by atoms with Gasteiger partial charge < -0.3 is 14.4 Å². The van der Waals surface area contributed by atoms with Crippen LogP contribution in [0.5, 0.6) is 17.4 Å². The zero-order valence-electron chi connectivity index (χ0n) is 22.8. The molecule has 0 unspecified atom stereocenters. The van der Waals surface area contributed by atoms with Gasteiger partial charge in [0.25, 0.3) is 0 Å². The van der Waals surface area contributed by atoms with E-state index in [2.05, 4.69) is 66.9 Å². The zero-order chi connectivity index (χ0) is 27.4. The number of rotatable bonds is 4. The number of aromatic hydroxyl groups is 1. The van der Waals surface area contributed by atoms with Crippen molar-refractivity contribution >= 4 is 32.7 Å². The van der Waals surface area contributed by atoms with Gasteiger partial charge in [0.1, 0.15) is 17.1 Å². The third-order valence-corrected chi connectivity index (χ3v) is 7.22. The van der Waals surface area contributed by atoms with Gasteiger partial charge in [0, 0.05) is 50.0 Å². The van der Waals surface area contributed by atoms with Gasteiger partial charge >= 0.3 is 0 Å². The first-order valence-corrected chi connectivity index (χ1v) is 13.2. The minimum atomic E-state index is 0. The van der Waals surface area contributed by atoms with E-state index in [1.807, 2.05) is 55.6 Å². The Kier molecular flexibility index (Phi) is 6.84. The molecule has 0 radical (unpaired) electrons. The fourth-order valence-electron chi connectivity index (χ4n) is 5.51. The molecule has 7 aromatic rings. The van der Waals surface area contributed by atoms with Gasteiger partial charge in [0.15, 0.2) is 0 Å². The molecule has 7 rings (SSSR count). The van der Waals surface area contributed by atoms with Crippen molar-refractivity contribution in [2.75, 3.05) is 0 Å². The summed E-state index contributed by atoms with van der Waals surface area (Å²) < 4.78 is 8.48. The van der Waals surface area contributed by atoms with Crippen LogP contribution in [0.2, 0.25) is 0 Å². The first kappa shape index (κ1) is 26.7. The number of pyridine rings is 2. The summed E-state index contributed by atoms with van der Waals surface area (Å²) in [6, 6.07) is 33.6. The van der Waals surface area contributed by atoms with Crippen LogP contribution in [-0.2, 0) is 21.1 Å². The monoisotopic (exact) mass is 715 g/mol. The Morgan fingerprint density at radius 3 is 2.32 bits per heavy atom. The third-order valence-electron chi connectivity index (χ3n) is 7.22. The van der Waals surface area contributed by atoms with E-state index in [1.165, 1.54) is 11.1 Å². The molecule has 0 atom stereocenters. The number of nitrogens with zero attached hydrogens (tertiary/aromatic N) is 3. The fourth-order valence-corrected chi connectivity index (χ4v) is 5.51. The second-order valence-corrected chi connectivity index (χ2v) is 10.3. The van der Waals surface area contributed by atoms with Gasteiger partial charge in [0.05, 0.1) is 0 Å². The number of fused-ring (bicyclic) bond motifs is 4. The number of ether oxygens (including phenoxy) is 1. The largest absolute Gasteiger partial charge is 0.506 e. The van der Waals surface area contributed by atoms with Crippen LogP contribution >= 0.6 is 0 Å². The molecule has 0 bridgehead atoms. The number of hydrogen-bond acceptors (Lipinski definition) is 4. The molecule has 5 nitrogen and oxygen atoms in total. The first-order chi connectivity index (χ1) is 19.4. The van der Waals surface area contributed by atoms with E-state index >= 15 is 0 Å². The van der Waals surface area contributed by atoms with Gasteiger partial charge in [-0.1, -0.05) is 71.2 Å². The van der Waals surface area contributed by atoms with Crippen molar-refractivity contribution in [1.29, 1.82) is 0 Å². The minimum absolute atomic E-state index is 0. The van der Waals surface area contributed by atoms with Crippen molar-refractivity contribution in [2.45, 2.75) is 20.8 Å². The predicted molar refractivity (Wildman–Crippen MR) is 161 cm³/mol. The van der Waals surface area contributed by atoms with Crippen molar-refractivity contribution < 1.29 is 30.9 Å². The summed E-state index contributed by atoms with van der Waals surface area (Å²) in [6.45, 7) is 6.20. The van der Waals surface area contributed by atoms with Crippen LogP contribution in [0.4, 0.5) is 0 Å². The summed E-state index contributed by atoms with van der Waals surface area (Å²) >= 11 is 0. The second kappa shape index (κ2) is 10.5. The van der Waals surface area contributed by atoms with Crippen molar-refractivity contribution in [3.05, 3.63) is 120 Å². The van der Waals surface area contributed by atoms with Crippen LogP contribution in [0.1, 0.15) is 16.7 Å². The number of para-hydroxylation sites is 2. The van der Waals surface area contributed by atoms with Gasteiger partial charge in [0.2, 0.25) is 5.88 Å². The molecule has 0 aliphatic rings. The van der Waals surface area contributed by atoms with Crippen LogP contribution in [0.3, 0.4) is 0 Å². The molecule has 0 saturated heterocycles. The van der Waals surface area contributed by atoms with Crippen LogP contribution in [0.25, 0.3) is 49.7 Å². The topological polar surface area (TPSA) is 60.2 Å². The number of phenolic OH excluding ortho intramolecular Hbond substituents is 1. The molecule has 0 saturated carbocycles. The normalized spacial score (nSPS) is 11.2. The molecule has 41 heavy (non-hydrogen) atoms. The molecule has 0 fully saturated rings. The van der Waals surface area contributed by atoms with E-state index in [9.17, 15) is 5.11 Å². The molecule has 4 aromatic carbocycles. The van der Waals surface area contributed by atoms with Crippen molar-refractivity contribution in [1.82, 2.24) is 14.5 Å². The molecule has 1 N–H and O–H groups in total. The van der Waals surface area contributed by atoms with Crippen LogP contribution in [0, 0.1) is 26.8 Å². The number of hydrogen-bond donors (Lipinski definition) is 1. The Morgan fingerprint density at radius 2 is 1.54 bits per heavy atom. The Labute approximate surface area is 252 Å². The van der Waals surface area contributed by atoms with Gasteiger partial charge in [-0.2, -0.15) is 6.07 Å². The SMILES string of the molecule is Cc1ccc(-n2c3[c-]c(Oc4cc(-c5cc(C)cc(C)c5)c5cccc(O)c5n4)ccc3c3ccccc32)nc1.[Pt]. The molecular weight excluding hydrogens is 689 g/mol. The van der Waals surface area contributed by atoms with Gasteiger partial charge in [-0.3, -0.25) is 0 Å². The molecular formula is C35H26N3O2Pt-. The van der Waals surface area contributed by atoms with Crippen molar-refractivity contribution in [2.24, 2.45) is 0 Å². The third kappa shape index (κ3) is 4.77. The molecule has 0 amide bonds. The maximum Gasteiger partial charge on any atom is 0.217 e.